The van der Waals surface area contributed by atoms with Crippen molar-refractivity contribution >= 4 is 29.5 Å². The zero-order valence-electron chi connectivity index (χ0n) is 17.1. The molecule has 0 amide bonds. The van der Waals surface area contributed by atoms with Crippen molar-refractivity contribution in [3.05, 3.63) is 40.3 Å². The van der Waals surface area contributed by atoms with Gasteiger partial charge in [0, 0.05) is 19.8 Å². The van der Waals surface area contributed by atoms with Gasteiger partial charge >= 0.3 is 11.9 Å². The number of esters is 2. The highest BCUT2D eigenvalue weighted by Crippen LogP contribution is 2.27. The average Bonchev–Trinajstić information content (AvgIpc) is 3.12. The van der Waals surface area contributed by atoms with E-state index in [0.29, 0.717) is 22.6 Å². The molecule has 28 heavy (non-hydrogen) atoms. The number of carbonyl (C=O) groups is 3. The first kappa shape index (κ1) is 21.8. The van der Waals surface area contributed by atoms with Crippen molar-refractivity contribution in [2.24, 2.45) is 14.1 Å². The van der Waals surface area contributed by atoms with E-state index in [2.05, 4.69) is 0 Å². The minimum atomic E-state index is -0.550. The van der Waals surface area contributed by atoms with Gasteiger partial charge in [0.2, 0.25) is 5.78 Å². The lowest BCUT2D eigenvalue weighted by Gasteiger charge is -2.09. The molecule has 0 N–H and O–H groups in total. The van der Waals surface area contributed by atoms with Crippen LogP contribution in [0.25, 0.3) is 0 Å². The Hall–Kier alpha value is -2.48. The van der Waals surface area contributed by atoms with Gasteiger partial charge in [-0.2, -0.15) is 0 Å². The third kappa shape index (κ3) is 4.01. The summed E-state index contributed by atoms with van der Waals surface area (Å²) < 4.78 is 13.6. The molecule has 8 heteroatoms. The molecule has 0 atom stereocenters. The number of hydrogen-bond acceptors (Lipinski definition) is 6. The van der Waals surface area contributed by atoms with Crippen LogP contribution < -0.4 is 0 Å². The van der Waals surface area contributed by atoms with Crippen molar-refractivity contribution in [1.82, 2.24) is 9.13 Å². The molecular weight excluding hydrogens is 380 g/mol. The number of thioether (sulfide) groups is 1. The molecule has 0 fully saturated rings. The summed E-state index contributed by atoms with van der Waals surface area (Å²) in [7, 11) is 3.50. The molecule has 0 aromatic carbocycles. The van der Waals surface area contributed by atoms with Crippen LogP contribution in [0.1, 0.15) is 51.6 Å². The number of ketones is 1. The normalized spacial score (nSPS) is 10.8. The minimum Gasteiger partial charge on any atom is -0.466 e. The van der Waals surface area contributed by atoms with Crippen molar-refractivity contribution in [2.75, 3.05) is 19.5 Å². The Morgan fingerprint density at radius 1 is 1.04 bits per heavy atom. The third-order valence-corrected chi connectivity index (χ3v) is 5.42. The predicted molar refractivity (Wildman–Crippen MR) is 107 cm³/mol. The standard InChI is InChI=1S/C20H26N2O5S/c1-7-26-16(23)11-14-17(20(25)27-8-2)12(3)18(22(14)5)19(24)13-9-10-15(28-6)21(13)4/h9-10H,7-8,11H2,1-6H3. The minimum absolute atomic E-state index is 0.115. The molecule has 0 aliphatic rings. The molecule has 2 heterocycles. The van der Waals surface area contributed by atoms with Crippen LogP contribution in [0.3, 0.4) is 0 Å². The van der Waals surface area contributed by atoms with E-state index < -0.39 is 11.9 Å². The quantitative estimate of drug-likeness (QED) is 0.381. The molecule has 2 aromatic rings. The molecule has 0 saturated carbocycles. The van der Waals surface area contributed by atoms with Gasteiger partial charge in [-0.05, 0) is 44.7 Å². The molecule has 152 valence electrons. The zero-order chi connectivity index (χ0) is 21.0. The second-order valence-electron chi connectivity index (χ2n) is 6.21. The second-order valence-corrected chi connectivity index (χ2v) is 7.03. The summed E-state index contributed by atoms with van der Waals surface area (Å²) in [5.74, 6) is -1.23. The SMILES string of the molecule is CCOC(=O)Cc1c(C(=O)OCC)c(C)c(C(=O)c2ccc(SC)n2C)n1C. The Kier molecular flexibility index (Phi) is 7.12. The molecule has 0 spiro atoms. The van der Waals surface area contributed by atoms with Crippen LogP contribution in [0.5, 0.6) is 0 Å². The van der Waals surface area contributed by atoms with E-state index in [1.54, 1.807) is 38.5 Å². The van der Waals surface area contributed by atoms with Crippen LogP contribution in [-0.2, 0) is 34.8 Å². The Labute approximate surface area is 169 Å². The fourth-order valence-electron chi connectivity index (χ4n) is 3.29. The Bertz CT molecular complexity index is 910. The van der Waals surface area contributed by atoms with E-state index in [4.69, 9.17) is 9.47 Å². The lowest BCUT2D eigenvalue weighted by molar-refractivity contribution is -0.142. The van der Waals surface area contributed by atoms with E-state index in [1.807, 2.05) is 23.9 Å². The monoisotopic (exact) mass is 406 g/mol. The number of hydrogen-bond donors (Lipinski definition) is 0. The van der Waals surface area contributed by atoms with Crippen molar-refractivity contribution < 1.29 is 23.9 Å². The number of rotatable bonds is 8. The van der Waals surface area contributed by atoms with Gasteiger partial charge in [0.25, 0.3) is 0 Å². The number of nitrogens with zero attached hydrogens (tertiary/aromatic N) is 2. The number of ether oxygens (including phenoxy) is 2. The first-order valence-electron chi connectivity index (χ1n) is 9.03. The van der Waals surface area contributed by atoms with Crippen LogP contribution >= 0.6 is 11.8 Å². The maximum Gasteiger partial charge on any atom is 0.340 e. The van der Waals surface area contributed by atoms with Crippen LogP contribution in [0.4, 0.5) is 0 Å². The second kappa shape index (κ2) is 9.14. The summed E-state index contributed by atoms with van der Waals surface area (Å²) in [4.78, 5) is 37.9. The van der Waals surface area contributed by atoms with Gasteiger partial charge in [-0.3, -0.25) is 9.59 Å². The van der Waals surface area contributed by atoms with Crippen molar-refractivity contribution in [1.29, 1.82) is 0 Å². The van der Waals surface area contributed by atoms with Crippen LogP contribution in [0.2, 0.25) is 0 Å². The Balaban J connectivity index is 2.61. The highest BCUT2D eigenvalue weighted by atomic mass is 32.2. The van der Waals surface area contributed by atoms with Gasteiger partial charge in [0.15, 0.2) is 0 Å². The van der Waals surface area contributed by atoms with Crippen LogP contribution in [-0.4, -0.2) is 46.3 Å². The summed E-state index contributed by atoms with van der Waals surface area (Å²) in [6.07, 6.45) is 1.82. The van der Waals surface area contributed by atoms with Crippen LogP contribution in [0, 0.1) is 6.92 Å². The first-order valence-corrected chi connectivity index (χ1v) is 10.3. The molecule has 0 unspecified atom stereocenters. The van der Waals surface area contributed by atoms with Gasteiger partial charge in [0.1, 0.15) is 0 Å². The van der Waals surface area contributed by atoms with E-state index in [9.17, 15) is 14.4 Å². The lowest BCUT2D eigenvalue weighted by atomic mass is 10.1. The smallest absolute Gasteiger partial charge is 0.340 e. The Morgan fingerprint density at radius 3 is 2.21 bits per heavy atom. The molecule has 2 rings (SSSR count). The molecule has 0 radical (unpaired) electrons. The van der Waals surface area contributed by atoms with E-state index in [-0.39, 0.29) is 31.0 Å². The fraction of sp³-hybridized carbons (Fsp3) is 0.450. The van der Waals surface area contributed by atoms with E-state index in [0.717, 1.165) is 5.03 Å². The maximum atomic E-state index is 13.3. The lowest BCUT2D eigenvalue weighted by Crippen LogP contribution is -2.16. The number of carbonyl (C=O) groups excluding carboxylic acids is 3. The van der Waals surface area contributed by atoms with Gasteiger partial charge in [-0.1, -0.05) is 0 Å². The maximum absolute atomic E-state index is 13.3. The summed E-state index contributed by atoms with van der Waals surface area (Å²) in [5, 5.41) is 0.951. The van der Waals surface area contributed by atoms with Crippen molar-refractivity contribution in [3.8, 4) is 0 Å². The van der Waals surface area contributed by atoms with Gasteiger partial charge in [-0.15, -0.1) is 11.8 Å². The molecule has 0 bridgehead atoms. The fourth-order valence-corrected chi connectivity index (χ4v) is 3.86. The first-order chi connectivity index (χ1) is 13.3. The van der Waals surface area contributed by atoms with Crippen molar-refractivity contribution in [2.45, 2.75) is 32.2 Å². The molecule has 0 aliphatic carbocycles. The van der Waals surface area contributed by atoms with E-state index in [1.165, 1.54) is 11.8 Å². The summed E-state index contributed by atoms with van der Waals surface area (Å²) in [5.41, 5.74) is 2.02. The highest BCUT2D eigenvalue weighted by molar-refractivity contribution is 7.98. The summed E-state index contributed by atoms with van der Waals surface area (Å²) >= 11 is 1.54. The third-order valence-electron chi connectivity index (χ3n) is 4.59. The predicted octanol–water partition coefficient (Wildman–Crippen LogP) is 2.91. The summed E-state index contributed by atoms with van der Waals surface area (Å²) in [6.45, 7) is 5.57. The molecule has 0 saturated heterocycles. The van der Waals surface area contributed by atoms with Gasteiger partial charge < -0.3 is 18.6 Å². The Morgan fingerprint density at radius 2 is 1.68 bits per heavy atom. The molecule has 0 aliphatic heterocycles. The summed E-state index contributed by atoms with van der Waals surface area (Å²) in [6, 6.07) is 3.64. The highest BCUT2D eigenvalue weighted by Gasteiger charge is 2.30. The van der Waals surface area contributed by atoms with Gasteiger partial charge in [-0.25, -0.2) is 4.79 Å². The number of aromatic nitrogens is 2. The molecular formula is C20H26N2O5S. The average molecular weight is 407 g/mol. The van der Waals surface area contributed by atoms with Crippen LogP contribution in [0.15, 0.2) is 17.2 Å². The molecule has 2 aromatic heterocycles. The zero-order valence-corrected chi connectivity index (χ0v) is 17.9. The van der Waals surface area contributed by atoms with E-state index >= 15 is 0 Å². The van der Waals surface area contributed by atoms with Gasteiger partial charge in [0.05, 0.1) is 41.6 Å². The molecule has 7 nitrogen and oxygen atoms in total. The van der Waals surface area contributed by atoms with Crippen molar-refractivity contribution in [3.63, 3.8) is 0 Å². The topological polar surface area (TPSA) is 79.5 Å². The largest absolute Gasteiger partial charge is 0.466 e.